The lowest BCUT2D eigenvalue weighted by Gasteiger charge is -2.18. The summed E-state index contributed by atoms with van der Waals surface area (Å²) in [4.78, 5) is 24.4. The van der Waals surface area contributed by atoms with Gasteiger partial charge >= 0.3 is 5.97 Å². The summed E-state index contributed by atoms with van der Waals surface area (Å²) >= 11 is 1.38. The second-order valence-corrected chi connectivity index (χ2v) is 10.7. The molecule has 3 aromatic rings. The molecule has 3 rings (SSSR count). The van der Waals surface area contributed by atoms with E-state index in [1.54, 1.807) is 48.5 Å². The van der Waals surface area contributed by atoms with Gasteiger partial charge in [0.25, 0.3) is 0 Å². The fourth-order valence-electron chi connectivity index (χ4n) is 3.49. The van der Waals surface area contributed by atoms with Crippen LogP contribution in [0.3, 0.4) is 0 Å². The number of benzene rings is 3. The number of sulfone groups is 1. The van der Waals surface area contributed by atoms with Crippen molar-refractivity contribution in [1.82, 2.24) is 5.43 Å². The Morgan fingerprint density at radius 1 is 1.03 bits per heavy atom. The third kappa shape index (κ3) is 6.93. The number of nitrogens with one attached hydrogen (secondary N) is 1. The number of anilines is 1. The van der Waals surface area contributed by atoms with Gasteiger partial charge in [0.05, 0.1) is 22.8 Å². The van der Waals surface area contributed by atoms with E-state index in [1.807, 2.05) is 31.2 Å². The van der Waals surface area contributed by atoms with E-state index in [0.29, 0.717) is 29.1 Å². The minimum atomic E-state index is -3.74. The molecule has 0 aliphatic rings. The van der Waals surface area contributed by atoms with Crippen molar-refractivity contribution in [2.75, 3.05) is 17.3 Å². The molecule has 1 amide bonds. The second-order valence-electron chi connectivity index (χ2n) is 7.55. The van der Waals surface area contributed by atoms with E-state index in [2.05, 4.69) is 5.43 Å². The quantitative estimate of drug-likeness (QED) is 0.282. The SMILES string of the molecule is CCNN(C=O)c1cccc(Sc2cccc(S(=O)(=O)CC(CC(=O)O)c3ccccc3)c2)c1. The molecule has 1 unspecified atom stereocenters. The van der Waals surface area contributed by atoms with Gasteiger partial charge in [-0.1, -0.05) is 61.2 Å². The maximum Gasteiger partial charge on any atom is 0.303 e. The standard InChI is InChI=1S/C25H26N2O5S2/c1-2-26-27(18-28)21-10-6-11-22(15-21)33-23-12-7-13-24(16-23)34(31,32)17-20(14-25(29)30)19-8-4-3-5-9-19/h3-13,15-16,18,20,26H,2,14,17H2,1H3,(H,29,30). The lowest BCUT2D eigenvalue weighted by Crippen LogP contribution is -2.36. The summed E-state index contributed by atoms with van der Waals surface area (Å²) in [5, 5.41) is 10.7. The van der Waals surface area contributed by atoms with Crippen molar-refractivity contribution in [2.24, 2.45) is 0 Å². The molecule has 34 heavy (non-hydrogen) atoms. The van der Waals surface area contributed by atoms with E-state index in [4.69, 9.17) is 0 Å². The molecule has 0 saturated carbocycles. The summed E-state index contributed by atoms with van der Waals surface area (Å²) in [6.07, 6.45) is 0.421. The highest BCUT2D eigenvalue weighted by atomic mass is 32.2. The Kier molecular flexibility index (Phi) is 8.86. The number of nitrogens with zero attached hydrogens (tertiary/aromatic N) is 1. The molecule has 0 bridgehead atoms. The van der Waals surface area contributed by atoms with E-state index < -0.39 is 21.7 Å². The van der Waals surface area contributed by atoms with Crippen molar-refractivity contribution in [3.8, 4) is 0 Å². The van der Waals surface area contributed by atoms with Crippen molar-refractivity contribution in [2.45, 2.75) is 33.9 Å². The zero-order valence-corrected chi connectivity index (χ0v) is 20.3. The number of hydrogen-bond acceptors (Lipinski definition) is 6. The Morgan fingerprint density at radius 3 is 2.35 bits per heavy atom. The summed E-state index contributed by atoms with van der Waals surface area (Å²) in [5.41, 5.74) is 4.30. The first-order valence-electron chi connectivity index (χ1n) is 10.7. The number of amides is 1. The summed E-state index contributed by atoms with van der Waals surface area (Å²) < 4.78 is 26.4. The van der Waals surface area contributed by atoms with E-state index in [1.165, 1.54) is 22.8 Å². The number of carboxylic acid groups (broad SMARTS) is 1. The third-order valence-electron chi connectivity index (χ3n) is 5.04. The average molecular weight is 499 g/mol. The Bertz CT molecular complexity index is 1230. The molecule has 3 aromatic carbocycles. The maximum atomic E-state index is 13.2. The number of carboxylic acids is 1. The molecule has 0 aliphatic carbocycles. The topological polar surface area (TPSA) is 104 Å². The summed E-state index contributed by atoms with van der Waals surface area (Å²) in [5.74, 6) is -2.00. The molecule has 0 radical (unpaired) electrons. The zero-order valence-electron chi connectivity index (χ0n) is 18.6. The molecule has 0 fully saturated rings. The van der Waals surface area contributed by atoms with Crippen LogP contribution in [0.4, 0.5) is 5.69 Å². The van der Waals surface area contributed by atoms with Crippen LogP contribution in [-0.4, -0.2) is 38.2 Å². The molecule has 2 N–H and O–H groups in total. The van der Waals surface area contributed by atoms with Gasteiger partial charge in [0.2, 0.25) is 6.41 Å². The first-order valence-corrected chi connectivity index (χ1v) is 13.1. The van der Waals surface area contributed by atoms with Crippen LogP contribution in [0, 0.1) is 0 Å². The van der Waals surface area contributed by atoms with Gasteiger partial charge in [-0.3, -0.25) is 9.59 Å². The summed E-state index contributed by atoms with van der Waals surface area (Å²) in [6, 6.07) is 22.8. The molecule has 9 heteroatoms. The number of carbonyl (C=O) groups is 2. The van der Waals surface area contributed by atoms with Gasteiger partial charge in [-0.05, 0) is 42.0 Å². The van der Waals surface area contributed by atoms with Crippen molar-refractivity contribution in [3.63, 3.8) is 0 Å². The van der Waals surface area contributed by atoms with Crippen molar-refractivity contribution in [1.29, 1.82) is 0 Å². The molecule has 0 heterocycles. The number of rotatable bonds is 12. The monoisotopic (exact) mass is 498 g/mol. The lowest BCUT2D eigenvalue weighted by atomic mass is 9.98. The Hall–Kier alpha value is -3.14. The number of carbonyl (C=O) groups excluding carboxylic acids is 1. The van der Waals surface area contributed by atoms with Crippen LogP contribution in [-0.2, 0) is 19.4 Å². The van der Waals surface area contributed by atoms with Crippen molar-refractivity contribution < 1.29 is 23.1 Å². The third-order valence-corrected chi connectivity index (χ3v) is 7.84. The van der Waals surface area contributed by atoms with E-state index in [0.717, 1.165) is 4.90 Å². The van der Waals surface area contributed by atoms with Gasteiger partial charge in [0.1, 0.15) is 0 Å². The first kappa shape index (κ1) is 25.5. The van der Waals surface area contributed by atoms with Gasteiger partial charge in [0, 0.05) is 22.3 Å². The minimum absolute atomic E-state index is 0.141. The first-order chi connectivity index (χ1) is 16.3. The highest BCUT2D eigenvalue weighted by Crippen LogP contribution is 2.32. The maximum absolute atomic E-state index is 13.2. The van der Waals surface area contributed by atoms with Crippen LogP contribution in [0.25, 0.3) is 0 Å². The van der Waals surface area contributed by atoms with Gasteiger partial charge in [-0.2, -0.15) is 0 Å². The number of aliphatic carboxylic acids is 1. The number of hydrogen-bond donors (Lipinski definition) is 2. The van der Waals surface area contributed by atoms with Gasteiger partial charge in [-0.25, -0.2) is 18.9 Å². The molecule has 0 aromatic heterocycles. The van der Waals surface area contributed by atoms with Crippen LogP contribution in [0.2, 0.25) is 0 Å². The van der Waals surface area contributed by atoms with E-state index in [9.17, 15) is 23.1 Å². The molecule has 1 atom stereocenters. The second kappa shape index (κ2) is 11.8. The van der Waals surface area contributed by atoms with Crippen LogP contribution in [0.5, 0.6) is 0 Å². The molecule has 7 nitrogen and oxygen atoms in total. The van der Waals surface area contributed by atoms with Crippen LogP contribution < -0.4 is 10.4 Å². The van der Waals surface area contributed by atoms with Crippen molar-refractivity contribution in [3.05, 3.63) is 84.4 Å². The average Bonchev–Trinajstić information content (AvgIpc) is 2.82. The largest absolute Gasteiger partial charge is 0.481 e. The summed E-state index contributed by atoms with van der Waals surface area (Å²) in [6.45, 7) is 2.47. The molecule has 0 spiro atoms. The van der Waals surface area contributed by atoms with Crippen LogP contribution in [0.1, 0.15) is 24.8 Å². The van der Waals surface area contributed by atoms with E-state index in [-0.39, 0.29) is 17.1 Å². The highest BCUT2D eigenvalue weighted by molar-refractivity contribution is 7.99. The Morgan fingerprint density at radius 2 is 1.71 bits per heavy atom. The smallest absolute Gasteiger partial charge is 0.303 e. The molecular formula is C25H26N2O5S2. The fraction of sp³-hybridized carbons (Fsp3) is 0.200. The lowest BCUT2D eigenvalue weighted by molar-refractivity contribution is -0.137. The Balaban J connectivity index is 1.83. The predicted octanol–water partition coefficient (Wildman–Crippen LogP) is 4.36. The van der Waals surface area contributed by atoms with Crippen molar-refractivity contribution >= 4 is 39.7 Å². The molecular weight excluding hydrogens is 472 g/mol. The van der Waals surface area contributed by atoms with Gasteiger partial charge in [0.15, 0.2) is 9.84 Å². The molecule has 178 valence electrons. The minimum Gasteiger partial charge on any atom is -0.481 e. The van der Waals surface area contributed by atoms with Gasteiger partial charge < -0.3 is 5.11 Å². The van der Waals surface area contributed by atoms with E-state index >= 15 is 0 Å². The highest BCUT2D eigenvalue weighted by Gasteiger charge is 2.25. The fourth-order valence-corrected chi connectivity index (χ4v) is 6.12. The predicted molar refractivity (Wildman–Crippen MR) is 133 cm³/mol. The number of hydrazine groups is 1. The zero-order chi connectivity index (χ0) is 24.6. The van der Waals surface area contributed by atoms with Crippen LogP contribution in [0.15, 0.2) is 93.5 Å². The normalized spacial score (nSPS) is 12.1. The molecule has 0 aliphatic heterocycles. The van der Waals surface area contributed by atoms with Gasteiger partial charge in [-0.15, -0.1) is 0 Å². The van der Waals surface area contributed by atoms with Crippen LogP contribution >= 0.6 is 11.8 Å². The Labute approximate surface area is 203 Å². The molecule has 0 saturated heterocycles. The summed E-state index contributed by atoms with van der Waals surface area (Å²) in [7, 11) is -3.74.